The molecule has 1 aliphatic rings. The number of aliphatic imine (C=N–C) groups is 1. The quantitative estimate of drug-likeness (QED) is 0.192. The Labute approximate surface area is 250 Å². The maximum atomic E-state index is 12.7. The van der Waals surface area contributed by atoms with Crippen LogP contribution in [0.5, 0.6) is 0 Å². The van der Waals surface area contributed by atoms with Crippen LogP contribution in [0, 0.1) is 0 Å². The minimum Gasteiger partial charge on any atom is -0.465 e. The fourth-order valence-electron chi connectivity index (χ4n) is 4.22. The van der Waals surface area contributed by atoms with Gasteiger partial charge < -0.3 is 24.1 Å². The van der Waals surface area contributed by atoms with Gasteiger partial charge in [-0.05, 0) is 57.4 Å². The molecule has 1 fully saturated rings. The number of guanidine groups is 1. The minimum absolute atomic E-state index is 0.0124. The normalized spacial score (nSPS) is 16.2. The van der Waals surface area contributed by atoms with Gasteiger partial charge in [0.15, 0.2) is 0 Å². The summed E-state index contributed by atoms with van der Waals surface area (Å²) in [4.78, 5) is 38.7. The van der Waals surface area contributed by atoms with Gasteiger partial charge in [0.2, 0.25) is 17.7 Å². The van der Waals surface area contributed by atoms with Crippen LogP contribution < -0.4 is 5.32 Å². The molecule has 44 heavy (non-hydrogen) atoms. The molecule has 1 atom stereocenters. The van der Waals surface area contributed by atoms with Gasteiger partial charge in [0.25, 0.3) is 0 Å². The van der Waals surface area contributed by atoms with Crippen molar-refractivity contribution < 1.29 is 42.0 Å². The highest BCUT2D eigenvalue weighted by molar-refractivity contribution is 5.99. The number of nitrogens with zero attached hydrogens (tertiary/aromatic N) is 5. The largest absolute Gasteiger partial charge is 0.465 e. The van der Waals surface area contributed by atoms with Crippen molar-refractivity contribution >= 4 is 23.9 Å². The zero-order chi connectivity index (χ0) is 32.1. The molecule has 0 radical (unpaired) electrons. The molecule has 0 aliphatic carbocycles. The monoisotopic (exact) mass is 616 g/mol. The number of rotatable bonds is 6. The Bertz CT molecular complexity index is 1530. The highest BCUT2D eigenvalue weighted by Gasteiger charge is 2.32. The van der Waals surface area contributed by atoms with Crippen LogP contribution in [0.15, 0.2) is 63.2 Å². The van der Waals surface area contributed by atoms with E-state index in [0.29, 0.717) is 41.5 Å². The molecule has 15 heteroatoms. The van der Waals surface area contributed by atoms with Gasteiger partial charge in [-0.25, -0.2) is 9.59 Å². The first-order valence-electron chi connectivity index (χ1n) is 13.5. The molecule has 2 N–H and O–H groups in total. The number of nitrogens with one attached hydrogen (secondary N) is 1. The Morgan fingerprint density at radius 1 is 1.11 bits per heavy atom. The van der Waals surface area contributed by atoms with Gasteiger partial charge >= 0.3 is 18.4 Å². The Kier molecular flexibility index (Phi) is 9.55. The number of hydrogen-bond acceptors (Lipinski definition) is 8. The molecule has 2 amide bonds. The third kappa shape index (κ3) is 8.78. The molecular weight excluding hydrogens is 585 g/mol. The molecule has 1 unspecified atom stereocenters. The molecule has 12 nitrogen and oxygen atoms in total. The molecule has 1 saturated heterocycles. The van der Waals surface area contributed by atoms with Crippen molar-refractivity contribution in [2.45, 2.75) is 58.4 Å². The average Bonchev–Trinajstić information content (AvgIpc) is 3.62. The molecule has 0 bridgehead atoms. The van der Waals surface area contributed by atoms with Crippen molar-refractivity contribution in [2.75, 3.05) is 13.1 Å². The van der Waals surface area contributed by atoms with E-state index in [1.807, 2.05) is 0 Å². The highest BCUT2D eigenvalue weighted by atomic mass is 19.4. The van der Waals surface area contributed by atoms with Crippen molar-refractivity contribution in [2.24, 2.45) is 10.1 Å². The van der Waals surface area contributed by atoms with E-state index in [0.717, 1.165) is 17.7 Å². The Balaban J connectivity index is 1.36. The van der Waals surface area contributed by atoms with Crippen molar-refractivity contribution in [3.8, 4) is 11.4 Å². The number of alkyl halides is 3. The van der Waals surface area contributed by atoms with Gasteiger partial charge in [0.05, 0.1) is 17.2 Å². The van der Waals surface area contributed by atoms with Crippen molar-refractivity contribution in [1.29, 1.82) is 0 Å². The lowest BCUT2D eigenvalue weighted by Crippen LogP contribution is -2.43. The van der Waals surface area contributed by atoms with Crippen molar-refractivity contribution in [3.63, 3.8) is 0 Å². The third-order valence-corrected chi connectivity index (χ3v) is 6.36. The van der Waals surface area contributed by atoms with Crippen LogP contribution in [-0.2, 0) is 22.4 Å². The molecule has 2 heterocycles. The standard InChI is InChI=1S/C29H31F3N6O6/c1-17(36-42-16-18-5-11-22(12-6-18)29(30,31)32)19-7-9-20(10-8-19)23-33-24(44-37-23)21-13-14-38(15-21)25(34-26(39)40)35-27(41)43-28(2,3)4/h5-12,21H,13-16H2,1-4H3,(H,39,40)(H,34,35,41)/b36-17+. The zero-order valence-electron chi connectivity index (χ0n) is 24.4. The molecule has 3 aromatic rings. The summed E-state index contributed by atoms with van der Waals surface area (Å²) in [5.74, 6) is 0.327. The number of carboxylic acid groups (broad SMARTS) is 1. The van der Waals surface area contributed by atoms with E-state index >= 15 is 0 Å². The second-order valence-electron chi connectivity index (χ2n) is 11.0. The highest BCUT2D eigenvalue weighted by Crippen LogP contribution is 2.30. The lowest BCUT2D eigenvalue weighted by molar-refractivity contribution is -0.137. The van der Waals surface area contributed by atoms with Crippen LogP contribution >= 0.6 is 0 Å². The summed E-state index contributed by atoms with van der Waals surface area (Å²) in [7, 11) is 0. The minimum atomic E-state index is -4.40. The Morgan fingerprint density at radius 3 is 2.41 bits per heavy atom. The summed E-state index contributed by atoms with van der Waals surface area (Å²) >= 11 is 0. The zero-order valence-corrected chi connectivity index (χ0v) is 24.4. The molecule has 1 aromatic heterocycles. The number of carbonyl (C=O) groups excluding carboxylic acids is 1. The van der Waals surface area contributed by atoms with E-state index in [2.05, 4.69) is 25.6 Å². The van der Waals surface area contributed by atoms with E-state index in [1.165, 1.54) is 12.1 Å². The maximum absolute atomic E-state index is 12.7. The molecule has 0 spiro atoms. The maximum Gasteiger partial charge on any atom is 0.437 e. The number of halogens is 3. The van der Waals surface area contributed by atoms with E-state index < -0.39 is 29.5 Å². The van der Waals surface area contributed by atoms with Gasteiger partial charge in [-0.3, -0.25) is 5.32 Å². The summed E-state index contributed by atoms with van der Waals surface area (Å²) in [6.45, 7) is 7.45. The lowest BCUT2D eigenvalue weighted by Gasteiger charge is -2.21. The van der Waals surface area contributed by atoms with Crippen molar-refractivity contribution in [3.05, 3.63) is 71.1 Å². The lowest BCUT2D eigenvalue weighted by atomic mass is 10.1. The van der Waals surface area contributed by atoms with Crippen LogP contribution in [0.1, 0.15) is 62.6 Å². The van der Waals surface area contributed by atoms with Crippen LogP contribution in [0.3, 0.4) is 0 Å². The predicted molar refractivity (Wildman–Crippen MR) is 152 cm³/mol. The molecule has 1 aliphatic heterocycles. The molecular formula is C29H31F3N6O6. The molecule has 0 saturated carbocycles. The van der Waals surface area contributed by atoms with Gasteiger partial charge in [0.1, 0.15) is 12.2 Å². The number of aromatic nitrogens is 2. The number of ether oxygens (including phenoxy) is 1. The van der Waals surface area contributed by atoms with Crippen LogP contribution in [0.25, 0.3) is 11.4 Å². The average molecular weight is 617 g/mol. The fraction of sp³-hybridized carbons (Fsp3) is 0.379. The fourth-order valence-corrected chi connectivity index (χ4v) is 4.22. The summed E-state index contributed by atoms with van der Waals surface area (Å²) in [5.41, 5.74) is 1.01. The number of hydrogen-bond donors (Lipinski definition) is 2. The topological polar surface area (TPSA) is 152 Å². The first-order chi connectivity index (χ1) is 20.7. The van der Waals surface area contributed by atoms with Crippen LogP contribution in [0.4, 0.5) is 22.8 Å². The smallest absolute Gasteiger partial charge is 0.437 e. The van der Waals surface area contributed by atoms with E-state index in [-0.39, 0.29) is 25.0 Å². The van der Waals surface area contributed by atoms with E-state index in [1.54, 1.807) is 56.9 Å². The summed E-state index contributed by atoms with van der Waals surface area (Å²) in [5, 5.41) is 19.5. The first-order valence-corrected chi connectivity index (χ1v) is 13.5. The number of carbonyl (C=O) groups is 2. The predicted octanol–water partition coefficient (Wildman–Crippen LogP) is 6.04. The second-order valence-corrected chi connectivity index (χ2v) is 11.0. The Hall–Kier alpha value is -4.95. The van der Waals surface area contributed by atoms with Gasteiger partial charge in [0, 0.05) is 18.7 Å². The van der Waals surface area contributed by atoms with Crippen LogP contribution in [0.2, 0.25) is 0 Å². The summed E-state index contributed by atoms with van der Waals surface area (Å²) in [6.07, 6.45) is -6.13. The second kappa shape index (κ2) is 13.1. The first kappa shape index (κ1) is 32.0. The number of amides is 2. The molecule has 234 valence electrons. The number of oxime groups is 1. The van der Waals surface area contributed by atoms with Gasteiger partial charge in [-0.1, -0.05) is 46.7 Å². The molecule has 4 rings (SSSR count). The van der Waals surface area contributed by atoms with E-state index in [9.17, 15) is 27.9 Å². The van der Waals surface area contributed by atoms with Gasteiger partial charge in [-0.2, -0.15) is 18.2 Å². The summed E-state index contributed by atoms with van der Waals surface area (Å²) in [6, 6.07) is 11.8. The number of benzene rings is 2. The third-order valence-electron chi connectivity index (χ3n) is 6.36. The van der Waals surface area contributed by atoms with Crippen molar-refractivity contribution in [1.82, 2.24) is 20.4 Å². The summed E-state index contributed by atoms with van der Waals surface area (Å²) < 4.78 is 48.8. The Morgan fingerprint density at radius 2 is 1.80 bits per heavy atom. The molecule has 2 aromatic carbocycles. The number of likely N-dealkylation sites (tertiary alicyclic amines) is 1. The van der Waals surface area contributed by atoms with Gasteiger partial charge in [-0.15, -0.1) is 4.99 Å². The van der Waals surface area contributed by atoms with Crippen LogP contribution in [-0.4, -0.2) is 62.7 Å². The SMILES string of the molecule is C/C(=N\OCc1ccc(C(F)(F)F)cc1)c1ccc(-c2noc(C3CCN(C(=NC(=O)OC(C)(C)C)NC(=O)O)C3)n2)cc1. The van der Waals surface area contributed by atoms with E-state index in [4.69, 9.17) is 14.1 Å².